The molecule has 8 heteroatoms. The van der Waals surface area contributed by atoms with Gasteiger partial charge in [-0.25, -0.2) is 0 Å². The molecule has 0 aromatic heterocycles. The number of hydrogen-bond acceptors (Lipinski definition) is 5. The summed E-state index contributed by atoms with van der Waals surface area (Å²) in [5.41, 5.74) is 0.553. The van der Waals surface area contributed by atoms with Gasteiger partial charge in [0.1, 0.15) is 17.4 Å². The van der Waals surface area contributed by atoms with E-state index in [0.29, 0.717) is 22.0 Å². The Hall–Kier alpha value is -2.88. The summed E-state index contributed by atoms with van der Waals surface area (Å²) < 4.78 is 10.2. The van der Waals surface area contributed by atoms with Crippen LogP contribution in [0.2, 0.25) is 10.0 Å². The van der Waals surface area contributed by atoms with Crippen LogP contribution in [0.4, 0.5) is 5.69 Å². The van der Waals surface area contributed by atoms with Gasteiger partial charge in [0.25, 0.3) is 5.91 Å². The zero-order chi connectivity index (χ0) is 19.3. The second-order valence-electron chi connectivity index (χ2n) is 5.02. The molecule has 0 saturated heterocycles. The maximum Gasteiger partial charge on any atom is 0.266 e. The molecule has 0 aliphatic rings. The zero-order valence-electron chi connectivity index (χ0n) is 13.8. The van der Waals surface area contributed by atoms with Gasteiger partial charge < -0.3 is 19.9 Å². The van der Waals surface area contributed by atoms with E-state index in [-0.39, 0.29) is 22.1 Å². The molecule has 0 heterocycles. The molecule has 0 radical (unpaired) electrons. The maximum absolute atomic E-state index is 12.4. The molecule has 0 spiro atoms. The number of benzene rings is 2. The minimum Gasteiger partial charge on any atom is -0.503 e. The Kier molecular flexibility index (Phi) is 6.34. The van der Waals surface area contributed by atoms with Gasteiger partial charge >= 0.3 is 0 Å². The Morgan fingerprint density at radius 2 is 1.88 bits per heavy atom. The van der Waals surface area contributed by atoms with Crippen LogP contribution < -0.4 is 14.8 Å². The first-order chi connectivity index (χ1) is 12.4. The lowest BCUT2D eigenvalue weighted by atomic mass is 10.1. The van der Waals surface area contributed by atoms with Gasteiger partial charge in [-0.15, -0.1) is 0 Å². The normalized spacial score (nSPS) is 10.8. The van der Waals surface area contributed by atoms with Crippen LogP contribution in [0, 0.1) is 11.3 Å². The van der Waals surface area contributed by atoms with Gasteiger partial charge in [0, 0.05) is 5.02 Å². The van der Waals surface area contributed by atoms with E-state index in [2.05, 4.69) is 5.32 Å². The number of halogens is 2. The second kappa shape index (κ2) is 8.48. The number of hydrogen-bond donors (Lipinski definition) is 2. The first-order valence-electron chi connectivity index (χ1n) is 7.22. The first kappa shape index (κ1) is 19.4. The lowest BCUT2D eigenvalue weighted by molar-refractivity contribution is -0.112. The molecule has 6 nitrogen and oxygen atoms in total. The van der Waals surface area contributed by atoms with E-state index in [4.69, 9.17) is 32.7 Å². The molecule has 2 aromatic rings. The molecular formula is C18H14Cl2N2O4. The zero-order valence-corrected chi connectivity index (χ0v) is 15.4. The summed E-state index contributed by atoms with van der Waals surface area (Å²) in [6, 6.07) is 9.40. The Morgan fingerprint density at radius 3 is 2.50 bits per heavy atom. The summed E-state index contributed by atoms with van der Waals surface area (Å²) in [7, 11) is 2.81. The molecule has 0 aliphatic carbocycles. The highest BCUT2D eigenvalue weighted by atomic mass is 35.5. The number of nitrogens with zero attached hydrogens (tertiary/aromatic N) is 1. The number of nitrogens with one attached hydrogen (secondary N) is 1. The van der Waals surface area contributed by atoms with Gasteiger partial charge in [-0.05, 0) is 42.0 Å². The SMILES string of the molecule is COc1ccc(Cl)cc1NC(=O)/C(C#N)=C/c1cc(Cl)c(O)c(OC)c1. The van der Waals surface area contributed by atoms with Crippen LogP contribution in [0.5, 0.6) is 17.2 Å². The lowest BCUT2D eigenvalue weighted by Gasteiger charge is -2.10. The smallest absolute Gasteiger partial charge is 0.266 e. The molecule has 1 amide bonds. The Balaban J connectivity index is 2.35. The Labute approximate surface area is 160 Å². The van der Waals surface area contributed by atoms with Crippen molar-refractivity contribution in [2.75, 3.05) is 19.5 Å². The summed E-state index contributed by atoms with van der Waals surface area (Å²) in [5, 5.41) is 22.1. The maximum atomic E-state index is 12.4. The first-order valence-corrected chi connectivity index (χ1v) is 7.98. The van der Waals surface area contributed by atoms with E-state index < -0.39 is 5.91 Å². The van der Waals surface area contributed by atoms with Crippen LogP contribution in [0.25, 0.3) is 6.08 Å². The van der Waals surface area contributed by atoms with Gasteiger partial charge in [0.15, 0.2) is 11.5 Å². The predicted molar refractivity (Wildman–Crippen MR) is 99.9 cm³/mol. The fourth-order valence-corrected chi connectivity index (χ4v) is 2.51. The van der Waals surface area contributed by atoms with Crippen molar-refractivity contribution in [2.24, 2.45) is 0 Å². The van der Waals surface area contributed by atoms with Crippen molar-refractivity contribution in [1.82, 2.24) is 0 Å². The van der Waals surface area contributed by atoms with E-state index in [0.717, 1.165) is 0 Å². The molecule has 0 bridgehead atoms. The third-order valence-electron chi connectivity index (χ3n) is 3.36. The van der Waals surface area contributed by atoms with Crippen LogP contribution in [0.3, 0.4) is 0 Å². The summed E-state index contributed by atoms with van der Waals surface area (Å²) in [6.07, 6.45) is 1.32. The number of phenols is 1. The highest BCUT2D eigenvalue weighted by molar-refractivity contribution is 6.32. The highest BCUT2D eigenvalue weighted by Crippen LogP contribution is 2.35. The van der Waals surface area contributed by atoms with E-state index in [1.807, 2.05) is 6.07 Å². The van der Waals surface area contributed by atoms with Crippen molar-refractivity contribution < 1.29 is 19.4 Å². The highest BCUT2D eigenvalue weighted by Gasteiger charge is 2.14. The van der Waals surface area contributed by atoms with Crippen LogP contribution >= 0.6 is 23.2 Å². The fourth-order valence-electron chi connectivity index (χ4n) is 2.12. The third kappa shape index (κ3) is 4.39. The average Bonchev–Trinajstić information content (AvgIpc) is 2.62. The number of anilines is 1. The van der Waals surface area contributed by atoms with Crippen LogP contribution in [-0.2, 0) is 4.79 Å². The van der Waals surface area contributed by atoms with Gasteiger partial charge in [-0.3, -0.25) is 4.79 Å². The van der Waals surface area contributed by atoms with Crippen molar-refractivity contribution in [3.8, 4) is 23.3 Å². The molecule has 0 fully saturated rings. The molecule has 134 valence electrons. The molecule has 0 aliphatic heterocycles. The molecule has 26 heavy (non-hydrogen) atoms. The fraction of sp³-hybridized carbons (Fsp3) is 0.111. The molecule has 0 atom stereocenters. The summed E-state index contributed by atoms with van der Waals surface area (Å²) in [5.74, 6) is -0.360. The molecule has 2 N–H and O–H groups in total. The van der Waals surface area contributed by atoms with E-state index in [1.165, 1.54) is 38.5 Å². The van der Waals surface area contributed by atoms with Gasteiger partial charge in [0.2, 0.25) is 0 Å². The summed E-state index contributed by atoms with van der Waals surface area (Å²) >= 11 is 11.8. The number of aromatic hydroxyl groups is 1. The minimum absolute atomic E-state index is 0.0322. The molecule has 0 saturated carbocycles. The topological polar surface area (TPSA) is 91.6 Å². The van der Waals surface area contributed by atoms with Crippen LogP contribution in [0.1, 0.15) is 5.56 Å². The number of methoxy groups -OCH3 is 2. The van der Waals surface area contributed by atoms with Gasteiger partial charge in [0.05, 0.1) is 24.9 Å². The van der Waals surface area contributed by atoms with E-state index in [9.17, 15) is 15.2 Å². The standard InChI is InChI=1S/C18H14Cl2N2O4/c1-25-15-4-3-12(19)8-14(15)22-18(24)11(9-21)5-10-6-13(20)17(23)16(7-10)26-2/h3-8,23H,1-2H3,(H,22,24)/b11-5+. The number of amides is 1. The Morgan fingerprint density at radius 1 is 1.19 bits per heavy atom. The summed E-state index contributed by atoms with van der Waals surface area (Å²) in [4.78, 5) is 12.4. The number of nitriles is 1. The molecular weight excluding hydrogens is 379 g/mol. The number of rotatable bonds is 5. The minimum atomic E-state index is -0.656. The second-order valence-corrected chi connectivity index (χ2v) is 5.87. The van der Waals surface area contributed by atoms with Crippen molar-refractivity contribution in [2.45, 2.75) is 0 Å². The molecule has 2 rings (SSSR count). The quantitative estimate of drug-likeness (QED) is 0.585. The molecule has 0 unspecified atom stereocenters. The number of carbonyl (C=O) groups is 1. The summed E-state index contributed by atoms with van der Waals surface area (Å²) in [6.45, 7) is 0. The number of ether oxygens (including phenoxy) is 2. The van der Waals surface area contributed by atoms with Crippen molar-refractivity contribution in [3.05, 3.63) is 51.5 Å². The number of carbonyl (C=O) groups excluding carboxylic acids is 1. The number of phenolic OH excluding ortho intramolecular Hbond substituents is 1. The van der Waals surface area contributed by atoms with Gasteiger partial charge in [-0.1, -0.05) is 23.2 Å². The van der Waals surface area contributed by atoms with E-state index in [1.54, 1.807) is 12.1 Å². The largest absolute Gasteiger partial charge is 0.503 e. The van der Waals surface area contributed by atoms with Crippen molar-refractivity contribution in [3.63, 3.8) is 0 Å². The van der Waals surface area contributed by atoms with Crippen LogP contribution in [-0.4, -0.2) is 25.2 Å². The Bertz CT molecular complexity index is 920. The van der Waals surface area contributed by atoms with E-state index >= 15 is 0 Å². The third-order valence-corrected chi connectivity index (χ3v) is 3.88. The molecule has 2 aromatic carbocycles. The van der Waals surface area contributed by atoms with Crippen LogP contribution in [0.15, 0.2) is 35.9 Å². The monoisotopic (exact) mass is 392 g/mol. The van der Waals surface area contributed by atoms with Crippen molar-refractivity contribution in [1.29, 1.82) is 5.26 Å². The average molecular weight is 393 g/mol. The van der Waals surface area contributed by atoms with Crippen molar-refractivity contribution >= 4 is 40.9 Å². The van der Waals surface area contributed by atoms with Gasteiger partial charge in [-0.2, -0.15) is 5.26 Å². The lowest BCUT2D eigenvalue weighted by Crippen LogP contribution is -2.14. The predicted octanol–water partition coefficient (Wildman–Crippen LogP) is 4.26.